The van der Waals surface area contributed by atoms with Crippen LogP contribution in [-0.4, -0.2) is 18.7 Å². The number of nitrogens with zero attached hydrogens (tertiary/aromatic N) is 1. The summed E-state index contributed by atoms with van der Waals surface area (Å²) in [5, 5.41) is 0.576. The number of fused-ring (bicyclic) bond motifs is 1. The monoisotopic (exact) mass is 363 g/mol. The Morgan fingerprint density at radius 2 is 1.92 bits per heavy atom. The molecule has 0 fully saturated rings. The normalized spacial score (nSPS) is 12.8. The van der Waals surface area contributed by atoms with E-state index in [0.29, 0.717) is 23.1 Å². The van der Waals surface area contributed by atoms with E-state index in [2.05, 4.69) is 33.9 Å². The highest BCUT2D eigenvalue weighted by Gasteiger charge is 2.37. The first kappa shape index (κ1) is 19.9. The molecule has 0 aliphatic carbocycles. The smallest absolute Gasteiger partial charge is 0.192 e. The van der Waals surface area contributed by atoms with Gasteiger partial charge in [0.05, 0.1) is 17.8 Å². The molecule has 138 valence electrons. The topological polar surface area (TPSA) is 31.2 Å². The average molecular weight is 364 g/mol. The molecule has 0 spiro atoms. The van der Waals surface area contributed by atoms with Gasteiger partial charge in [0.15, 0.2) is 19.9 Å². The number of aryl methyl sites for hydroxylation is 1. The Balaban J connectivity index is 2.37. The molecule has 0 amide bonds. The standard InChI is InChI=1S/C20H30FNO2Si/c1-8-9-18(23)14-10-11-16-15(12-14)19(21)17(22(16)5)13-24-25(6,7)20(2,3)4/h10-12H,8-9,13H2,1-7H3. The second kappa shape index (κ2) is 7.04. The molecule has 1 aromatic heterocycles. The van der Waals surface area contributed by atoms with Gasteiger partial charge in [-0.15, -0.1) is 0 Å². The van der Waals surface area contributed by atoms with Crippen molar-refractivity contribution < 1.29 is 13.6 Å². The third-order valence-electron chi connectivity index (χ3n) is 5.43. The number of ketones is 1. The number of hydrogen-bond donors (Lipinski definition) is 0. The van der Waals surface area contributed by atoms with E-state index in [-0.39, 0.29) is 23.2 Å². The molecule has 1 heterocycles. The Morgan fingerprint density at radius 3 is 2.48 bits per heavy atom. The minimum atomic E-state index is -1.96. The Bertz CT molecular complexity index is 787. The first-order chi connectivity index (χ1) is 11.5. The summed E-state index contributed by atoms with van der Waals surface area (Å²) in [6, 6.07) is 5.30. The molecular weight excluding hydrogens is 333 g/mol. The number of hydrogen-bond acceptors (Lipinski definition) is 2. The molecule has 25 heavy (non-hydrogen) atoms. The van der Waals surface area contributed by atoms with E-state index < -0.39 is 8.32 Å². The summed E-state index contributed by atoms with van der Waals surface area (Å²) in [5.41, 5.74) is 1.91. The minimum Gasteiger partial charge on any atom is -0.411 e. The molecule has 1 aromatic carbocycles. The number of Topliss-reactive ketones (excluding diaryl/α,β-unsaturated/α-hetero) is 1. The molecular formula is C20H30FNO2Si. The second-order valence-corrected chi connectivity index (χ2v) is 13.1. The largest absolute Gasteiger partial charge is 0.411 e. The summed E-state index contributed by atoms with van der Waals surface area (Å²) in [4.78, 5) is 12.1. The van der Waals surface area contributed by atoms with Crippen molar-refractivity contribution >= 4 is 25.0 Å². The van der Waals surface area contributed by atoms with Gasteiger partial charge in [-0.05, 0) is 42.8 Å². The molecule has 0 atom stereocenters. The van der Waals surface area contributed by atoms with Crippen LogP contribution >= 0.6 is 0 Å². The van der Waals surface area contributed by atoms with E-state index in [9.17, 15) is 9.18 Å². The molecule has 0 aliphatic heterocycles. The van der Waals surface area contributed by atoms with Crippen molar-refractivity contribution in [3.05, 3.63) is 35.3 Å². The van der Waals surface area contributed by atoms with Crippen LogP contribution in [0.5, 0.6) is 0 Å². The molecule has 0 saturated heterocycles. The summed E-state index contributed by atoms with van der Waals surface area (Å²) < 4.78 is 23.0. The fraction of sp³-hybridized carbons (Fsp3) is 0.550. The van der Waals surface area contributed by atoms with Gasteiger partial charge in [0.2, 0.25) is 0 Å². The third kappa shape index (κ3) is 3.87. The molecule has 0 saturated carbocycles. The van der Waals surface area contributed by atoms with Crippen LogP contribution in [0.3, 0.4) is 0 Å². The van der Waals surface area contributed by atoms with Crippen LogP contribution in [0.1, 0.15) is 56.6 Å². The molecule has 2 rings (SSSR count). The number of carbonyl (C=O) groups excluding carboxylic acids is 1. The summed E-state index contributed by atoms with van der Waals surface area (Å²) in [7, 11) is -0.106. The van der Waals surface area contributed by atoms with Gasteiger partial charge in [-0.1, -0.05) is 27.7 Å². The Kier molecular flexibility index (Phi) is 5.59. The Hall–Kier alpha value is -1.46. The maximum absolute atomic E-state index is 15.0. The quantitative estimate of drug-likeness (QED) is 0.478. The highest BCUT2D eigenvalue weighted by Crippen LogP contribution is 2.37. The van der Waals surface area contributed by atoms with Crippen LogP contribution in [-0.2, 0) is 18.1 Å². The number of benzene rings is 1. The molecule has 0 aliphatic rings. The lowest BCUT2D eigenvalue weighted by Gasteiger charge is -2.36. The van der Waals surface area contributed by atoms with Gasteiger partial charge in [0.1, 0.15) is 0 Å². The van der Waals surface area contributed by atoms with Crippen molar-refractivity contribution in [2.45, 2.75) is 65.3 Å². The highest BCUT2D eigenvalue weighted by atomic mass is 28.4. The van der Waals surface area contributed by atoms with E-state index in [1.165, 1.54) is 0 Å². The van der Waals surface area contributed by atoms with Gasteiger partial charge in [-0.2, -0.15) is 0 Å². The van der Waals surface area contributed by atoms with Crippen LogP contribution in [0, 0.1) is 5.82 Å². The van der Waals surface area contributed by atoms with E-state index in [0.717, 1.165) is 11.9 Å². The van der Waals surface area contributed by atoms with Gasteiger partial charge in [-0.3, -0.25) is 4.79 Å². The lowest BCUT2D eigenvalue weighted by Crippen LogP contribution is -2.40. The van der Waals surface area contributed by atoms with Crippen molar-refractivity contribution in [2.24, 2.45) is 7.05 Å². The van der Waals surface area contributed by atoms with Crippen molar-refractivity contribution in [3.8, 4) is 0 Å². The maximum Gasteiger partial charge on any atom is 0.192 e. The van der Waals surface area contributed by atoms with E-state index in [1.54, 1.807) is 12.1 Å². The molecule has 0 unspecified atom stereocenters. The summed E-state index contributed by atoms with van der Waals surface area (Å²) >= 11 is 0. The fourth-order valence-corrected chi connectivity index (χ4v) is 3.55. The van der Waals surface area contributed by atoms with E-state index in [4.69, 9.17) is 4.43 Å². The lowest BCUT2D eigenvalue weighted by molar-refractivity contribution is 0.0982. The van der Waals surface area contributed by atoms with Crippen LogP contribution in [0.2, 0.25) is 18.1 Å². The van der Waals surface area contributed by atoms with Gasteiger partial charge in [0.25, 0.3) is 0 Å². The van der Waals surface area contributed by atoms with E-state index in [1.807, 2.05) is 24.6 Å². The molecule has 2 aromatic rings. The number of rotatable bonds is 6. The maximum atomic E-state index is 15.0. The Labute approximate surface area is 151 Å². The number of halogens is 1. The van der Waals surface area contributed by atoms with Crippen molar-refractivity contribution in [2.75, 3.05) is 0 Å². The molecule has 0 bridgehead atoms. The van der Waals surface area contributed by atoms with Crippen molar-refractivity contribution in [3.63, 3.8) is 0 Å². The summed E-state index contributed by atoms with van der Waals surface area (Å²) in [5.74, 6) is -0.214. The van der Waals surface area contributed by atoms with Crippen molar-refractivity contribution in [1.82, 2.24) is 4.57 Å². The van der Waals surface area contributed by atoms with Gasteiger partial charge in [0, 0.05) is 24.4 Å². The zero-order valence-electron chi connectivity index (χ0n) is 16.5. The van der Waals surface area contributed by atoms with Gasteiger partial charge < -0.3 is 8.99 Å². The number of aromatic nitrogens is 1. The summed E-state index contributed by atoms with van der Waals surface area (Å²) in [6.07, 6.45) is 1.28. The summed E-state index contributed by atoms with van der Waals surface area (Å²) in [6.45, 7) is 13.1. The van der Waals surface area contributed by atoms with Crippen LogP contribution in [0.25, 0.3) is 10.9 Å². The van der Waals surface area contributed by atoms with E-state index >= 15 is 0 Å². The first-order valence-corrected chi connectivity index (χ1v) is 11.8. The highest BCUT2D eigenvalue weighted by molar-refractivity contribution is 6.74. The zero-order chi connectivity index (χ0) is 19.0. The lowest BCUT2D eigenvalue weighted by atomic mass is 10.1. The van der Waals surface area contributed by atoms with Crippen molar-refractivity contribution in [1.29, 1.82) is 0 Å². The first-order valence-electron chi connectivity index (χ1n) is 8.93. The fourth-order valence-electron chi connectivity index (χ4n) is 2.62. The zero-order valence-corrected chi connectivity index (χ0v) is 17.5. The van der Waals surface area contributed by atoms with Gasteiger partial charge in [-0.25, -0.2) is 4.39 Å². The second-order valence-electron chi connectivity index (χ2n) is 8.27. The SMILES string of the molecule is CCCC(=O)c1ccc2c(c1)c(F)c(CO[Si](C)(C)C(C)(C)C)n2C. The average Bonchev–Trinajstić information content (AvgIpc) is 2.75. The number of carbonyl (C=O) groups is 1. The molecule has 0 radical (unpaired) electrons. The predicted octanol–water partition coefficient (Wildman–Crippen LogP) is 5.82. The third-order valence-corrected chi connectivity index (χ3v) is 9.91. The van der Waals surface area contributed by atoms with Crippen LogP contribution in [0.4, 0.5) is 4.39 Å². The Morgan fingerprint density at radius 1 is 1.28 bits per heavy atom. The predicted molar refractivity (Wildman–Crippen MR) is 104 cm³/mol. The molecule has 0 N–H and O–H groups in total. The van der Waals surface area contributed by atoms with Gasteiger partial charge >= 0.3 is 0 Å². The van der Waals surface area contributed by atoms with Crippen LogP contribution < -0.4 is 0 Å². The molecule has 5 heteroatoms. The van der Waals surface area contributed by atoms with Crippen LogP contribution in [0.15, 0.2) is 18.2 Å². The molecule has 3 nitrogen and oxygen atoms in total. The minimum absolute atomic E-state index is 0.0618.